The number of aromatic nitrogens is 1. The summed E-state index contributed by atoms with van der Waals surface area (Å²) in [5.74, 6) is -0.0484. The number of nitrogens with one attached hydrogen (secondary N) is 1. The van der Waals surface area contributed by atoms with E-state index in [2.05, 4.69) is 50.4 Å². The van der Waals surface area contributed by atoms with Crippen molar-refractivity contribution in [3.05, 3.63) is 100.0 Å². The van der Waals surface area contributed by atoms with Crippen molar-refractivity contribution < 1.29 is 18.7 Å². The molecule has 204 valence electrons. The predicted octanol–water partition coefficient (Wildman–Crippen LogP) is 7.20. The summed E-state index contributed by atoms with van der Waals surface area (Å²) in [5, 5.41) is 4.06. The maximum absolute atomic E-state index is 14.7. The maximum atomic E-state index is 14.7. The lowest BCUT2D eigenvalue weighted by molar-refractivity contribution is -0.113. The minimum absolute atomic E-state index is 0.0735. The molecule has 0 fully saturated rings. The molecule has 0 aliphatic carbocycles. The molecule has 0 spiro atoms. The number of aldehydes is 1. The van der Waals surface area contributed by atoms with Gasteiger partial charge in [-0.05, 0) is 86.2 Å². The van der Waals surface area contributed by atoms with E-state index in [1.807, 2.05) is 43.5 Å². The van der Waals surface area contributed by atoms with E-state index in [1.165, 1.54) is 17.7 Å². The highest BCUT2D eigenvalue weighted by Crippen LogP contribution is 2.29. The van der Waals surface area contributed by atoms with E-state index >= 15 is 0 Å². The Labute approximate surface area is 230 Å². The highest BCUT2D eigenvalue weighted by atomic mass is 19.1. The quantitative estimate of drug-likeness (QED) is 0.246. The first-order chi connectivity index (χ1) is 18.4. The van der Waals surface area contributed by atoms with Crippen molar-refractivity contribution in [1.29, 1.82) is 0 Å². The van der Waals surface area contributed by atoms with Crippen molar-refractivity contribution in [1.82, 2.24) is 9.88 Å². The number of nitrogens with zero attached hydrogens (tertiary/aromatic N) is 1. The van der Waals surface area contributed by atoms with Crippen molar-refractivity contribution in [2.24, 2.45) is 0 Å². The number of hydrogen-bond donors (Lipinski definition) is 1. The summed E-state index contributed by atoms with van der Waals surface area (Å²) in [4.78, 5) is 24.1. The van der Waals surface area contributed by atoms with Crippen LogP contribution in [0.5, 0.6) is 5.75 Å². The lowest BCUT2D eigenvalue weighted by Gasteiger charge is -2.21. The minimum atomic E-state index is -0.616. The van der Waals surface area contributed by atoms with Gasteiger partial charge in [-0.2, -0.15) is 0 Å². The predicted molar refractivity (Wildman–Crippen MR) is 154 cm³/mol. The van der Waals surface area contributed by atoms with Gasteiger partial charge in [0.1, 0.15) is 11.6 Å². The van der Waals surface area contributed by atoms with Crippen LogP contribution in [0.15, 0.2) is 60.7 Å². The molecule has 1 aromatic heterocycles. The Morgan fingerprint density at radius 3 is 2.36 bits per heavy atom. The monoisotopic (exact) mass is 528 g/mol. The van der Waals surface area contributed by atoms with Gasteiger partial charge in [0.25, 0.3) is 5.91 Å². The highest BCUT2D eigenvalue weighted by Gasteiger charge is 2.18. The molecule has 0 aliphatic rings. The number of fused-ring (bicyclic) bond motifs is 1. The van der Waals surface area contributed by atoms with E-state index in [9.17, 15) is 14.0 Å². The number of benzene rings is 3. The Bertz CT molecular complexity index is 1510. The average molecular weight is 529 g/mol. The Hall–Kier alpha value is -3.93. The molecular weight excluding hydrogens is 491 g/mol. The Kier molecular flexibility index (Phi) is 7.96. The largest absolute Gasteiger partial charge is 0.483 e. The fourth-order valence-electron chi connectivity index (χ4n) is 4.79. The summed E-state index contributed by atoms with van der Waals surface area (Å²) in [6, 6.07) is 18.4. The first-order valence-electron chi connectivity index (χ1n) is 13.3. The molecule has 0 bridgehead atoms. The molecule has 1 N–H and O–H groups in total. The van der Waals surface area contributed by atoms with Gasteiger partial charge in [-0.15, -0.1) is 0 Å². The van der Waals surface area contributed by atoms with Gasteiger partial charge in [0.05, 0.1) is 12.6 Å². The number of amides is 1. The molecule has 5 nitrogen and oxygen atoms in total. The van der Waals surface area contributed by atoms with Crippen LogP contribution < -0.4 is 10.1 Å². The number of halogens is 1. The molecule has 4 aromatic rings. The number of carbonyl (C=O) groups is 2. The molecule has 1 heterocycles. The zero-order valence-electron chi connectivity index (χ0n) is 23.8. The third-order valence-corrected chi connectivity index (χ3v) is 7.38. The van der Waals surface area contributed by atoms with Crippen LogP contribution in [0.2, 0.25) is 0 Å². The second-order valence-electron chi connectivity index (χ2n) is 11.3. The van der Waals surface area contributed by atoms with Crippen LogP contribution in [0.25, 0.3) is 10.9 Å². The molecule has 6 heteroatoms. The first kappa shape index (κ1) is 28.1. The highest BCUT2D eigenvalue weighted by molar-refractivity contribution is 5.99. The van der Waals surface area contributed by atoms with Crippen molar-refractivity contribution in [2.75, 3.05) is 0 Å². The fourth-order valence-corrected chi connectivity index (χ4v) is 4.79. The van der Waals surface area contributed by atoms with Gasteiger partial charge in [-0.3, -0.25) is 9.59 Å². The fraction of sp³-hybridized carbons (Fsp3) is 0.333. The summed E-state index contributed by atoms with van der Waals surface area (Å²) >= 11 is 0. The molecule has 3 aromatic carbocycles. The first-order valence-corrected chi connectivity index (χ1v) is 13.3. The van der Waals surface area contributed by atoms with Crippen LogP contribution in [-0.4, -0.2) is 22.9 Å². The molecule has 0 aliphatic heterocycles. The molecule has 0 saturated carbocycles. The van der Waals surface area contributed by atoms with Crippen molar-refractivity contribution in [2.45, 2.75) is 72.6 Å². The van der Waals surface area contributed by atoms with E-state index < -0.39 is 6.10 Å². The third-order valence-electron chi connectivity index (χ3n) is 7.38. The lowest BCUT2D eigenvalue weighted by atomic mass is 9.86. The zero-order valence-corrected chi connectivity index (χ0v) is 23.8. The van der Waals surface area contributed by atoms with Crippen molar-refractivity contribution in [3.8, 4) is 5.75 Å². The molecule has 2 atom stereocenters. The SMILES string of the molecule is Cc1c(C)n(Cc2cc(O[C@@H](C)C=O)ccc2F)c2ccc(C(=O)N[C@@H](C)c3ccc(C(C)(C)C)cc3)cc12. The van der Waals surface area contributed by atoms with Gasteiger partial charge in [-0.25, -0.2) is 4.39 Å². The van der Waals surface area contributed by atoms with Gasteiger partial charge in [0, 0.05) is 27.7 Å². The number of rotatable bonds is 8. The van der Waals surface area contributed by atoms with Crippen molar-refractivity contribution >= 4 is 23.1 Å². The third kappa shape index (κ3) is 6.06. The summed E-state index contributed by atoms with van der Waals surface area (Å²) < 4.78 is 22.3. The molecule has 0 radical (unpaired) electrons. The topological polar surface area (TPSA) is 60.3 Å². The summed E-state index contributed by atoms with van der Waals surface area (Å²) in [6.45, 7) is 14.5. The molecule has 0 saturated heterocycles. The second-order valence-corrected chi connectivity index (χ2v) is 11.3. The van der Waals surface area contributed by atoms with Gasteiger partial charge in [-0.1, -0.05) is 45.0 Å². The van der Waals surface area contributed by atoms with Crippen LogP contribution in [0.1, 0.15) is 79.0 Å². The van der Waals surface area contributed by atoms with E-state index in [4.69, 9.17) is 4.74 Å². The molecule has 1 amide bonds. The maximum Gasteiger partial charge on any atom is 0.251 e. The lowest BCUT2D eigenvalue weighted by Crippen LogP contribution is -2.26. The number of ether oxygens (including phenoxy) is 1. The van der Waals surface area contributed by atoms with Gasteiger partial charge in [0.15, 0.2) is 12.4 Å². The molecule has 4 rings (SSSR count). The van der Waals surface area contributed by atoms with E-state index in [0.29, 0.717) is 29.7 Å². The van der Waals surface area contributed by atoms with Crippen LogP contribution in [0.3, 0.4) is 0 Å². The molecular formula is C33H37FN2O3. The Morgan fingerprint density at radius 2 is 1.72 bits per heavy atom. The number of aryl methyl sites for hydroxylation is 1. The average Bonchev–Trinajstić information content (AvgIpc) is 3.14. The zero-order chi connectivity index (χ0) is 28.5. The Morgan fingerprint density at radius 1 is 1.03 bits per heavy atom. The van der Waals surface area contributed by atoms with E-state index in [1.54, 1.807) is 13.0 Å². The van der Waals surface area contributed by atoms with Crippen LogP contribution in [0, 0.1) is 19.7 Å². The summed E-state index contributed by atoms with van der Waals surface area (Å²) in [5.41, 5.74) is 6.34. The molecule has 0 unspecified atom stereocenters. The van der Waals surface area contributed by atoms with Crippen LogP contribution in [-0.2, 0) is 16.8 Å². The number of carbonyl (C=O) groups excluding carboxylic acids is 2. The smallest absolute Gasteiger partial charge is 0.251 e. The molecule has 39 heavy (non-hydrogen) atoms. The van der Waals surface area contributed by atoms with Crippen LogP contribution in [0.4, 0.5) is 4.39 Å². The normalized spacial score (nSPS) is 13.2. The minimum Gasteiger partial charge on any atom is -0.483 e. The van der Waals surface area contributed by atoms with E-state index in [-0.39, 0.29) is 23.2 Å². The van der Waals surface area contributed by atoms with Gasteiger partial charge < -0.3 is 14.6 Å². The standard InChI is InChI=1S/C33H37FN2O3/c1-20(19-37)39-28-13-14-30(34)26(16-28)18-36-23(4)21(2)29-17-25(10-15-31(29)36)32(38)35-22(3)24-8-11-27(12-9-24)33(5,6)7/h8-17,19-20,22H,18H2,1-7H3,(H,35,38)/t20-,22-/m0/s1. The summed E-state index contributed by atoms with van der Waals surface area (Å²) in [7, 11) is 0. The Balaban J connectivity index is 1.57. The van der Waals surface area contributed by atoms with E-state index in [0.717, 1.165) is 27.7 Å². The van der Waals surface area contributed by atoms with Crippen molar-refractivity contribution in [3.63, 3.8) is 0 Å². The second kappa shape index (κ2) is 11.0. The van der Waals surface area contributed by atoms with Gasteiger partial charge in [0.2, 0.25) is 0 Å². The summed E-state index contributed by atoms with van der Waals surface area (Å²) in [6.07, 6.45) is 0.0856. The van der Waals surface area contributed by atoms with Gasteiger partial charge >= 0.3 is 0 Å². The van der Waals surface area contributed by atoms with Crippen LogP contribution >= 0.6 is 0 Å². The number of hydrogen-bond acceptors (Lipinski definition) is 3.